The zero-order chi connectivity index (χ0) is 21.5. The average molecular weight is 437 g/mol. The molecule has 0 atom stereocenters. The van der Waals surface area contributed by atoms with Gasteiger partial charge < -0.3 is 9.64 Å². The highest BCUT2D eigenvalue weighted by molar-refractivity contribution is 6.33. The number of carbonyl (C=O) groups excluding carboxylic acids is 1. The van der Waals surface area contributed by atoms with Crippen LogP contribution >= 0.6 is 11.6 Å². The Hall–Kier alpha value is -2.02. The van der Waals surface area contributed by atoms with Crippen LogP contribution in [0.5, 0.6) is 0 Å². The summed E-state index contributed by atoms with van der Waals surface area (Å²) in [7, 11) is 1.59. The standard InChI is InChI=1S/C23H27ClF2N2O2/c1-30-13-12-28(23(29)20-7-6-19(25)14-21(20)24)15-17-8-10-27(11-9-17)16-18-4-2-3-5-22(18)26/h2-7,14,17H,8-13,15-16H2,1H3. The molecule has 0 unspecified atom stereocenters. The first kappa shape index (κ1) is 22.7. The van der Waals surface area contributed by atoms with Crippen molar-refractivity contribution in [2.24, 2.45) is 5.92 Å². The molecule has 0 bridgehead atoms. The van der Waals surface area contributed by atoms with Gasteiger partial charge in [-0.25, -0.2) is 8.78 Å². The van der Waals surface area contributed by atoms with Crippen molar-refractivity contribution < 1.29 is 18.3 Å². The Kier molecular flexibility index (Phi) is 8.19. The van der Waals surface area contributed by atoms with Crippen LogP contribution in [-0.2, 0) is 11.3 Å². The highest BCUT2D eigenvalue weighted by Gasteiger charge is 2.25. The molecule has 7 heteroatoms. The molecule has 0 radical (unpaired) electrons. The second kappa shape index (κ2) is 10.8. The molecule has 1 heterocycles. The molecule has 3 rings (SSSR count). The van der Waals surface area contributed by atoms with Gasteiger partial charge >= 0.3 is 0 Å². The molecule has 0 spiro atoms. The van der Waals surface area contributed by atoms with Gasteiger partial charge in [0.2, 0.25) is 0 Å². The van der Waals surface area contributed by atoms with E-state index in [0.717, 1.165) is 32.0 Å². The smallest absolute Gasteiger partial charge is 0.255 e. The van der Waals surface area contributed by atoms with Crippen molar-refractivity contribution in [1.82, 2.24) is 9.80 Å². The molecule has 0 saturated carbocycles. The molecule has 0 aliphatic carbocycles. The van der Waals surface area contributed by atoms with Gasteiger partial charge in [0, 0.05) is 32.3 Å². The summed E-state index contributed by atoms with van der Waals surface area (Å²) in [5.41, 5.74) is 1.00. The second-order valence-electron chi connectivity index (χ2n) is 7.68. The van der Waals surface area contributed by atoms with E-state index in [9.17, 15) is 13.6 Å². The van der Waals surface area contributed by atoms with Gasteiger partial charge in [-0.05, 0) is 56.1 Å². The van der Waals surface area contributed by atoms with Crippen LogP contribution in [0.25, 0.3) is 0 Å². The third-order valence-electron chi connectivity index (χ3n) is 5.55. The molecule has 1 amide bonds. The molecular formula is C23H27ClF2N2O2. The van der Waals surface area contributed by atoms with E-state index in [-0.39, 0.29) is 16.7 Å². The molecule has 0 aromatic heterocycles. The van der Waals surface area contributed by atoms with Crippen LogP contribution in [0.1, 0.15) is 28.8 Å². The number of likely N-dealkylation sites (tertiary alicyclic amines) is 1. The minimum atomic E-state index is -0.470. The minimum absolute atomic E-state index is 0.113. The fourth-order valence-corrected chi connectivity index (χ4v) is 4.06. The van der Waals surface area contributed by atoms with E-state index in [2.05, 4.69) is 4.90 Å². The van der Waals surface area contributed by atoms with E-state index in [1.807, 2.05) is 12.1 Å². The molecule has 30 heavy (non-hydrogen) atoms. The molecule has 0 N–H and O–H groups in total. The lowest BCUT2D eigenvalue weighted by atomic mass is 9.95. The van der Waals surface area contributed by atoms with Crippen molar-refractivity contribution in [2.45, 2.75) is 19.4 Å². The summed E-state index contributed by atoms with van der Waals surface area (Å²) in [6.07, 6.45) is 1.84. The summed E-state index contributed by atoms with van der Waals surface area (Å²) in [5.74, 6) is -0.526. The van der Waals surface area contributed by atoms with Crippen LogP contribution in [0.2, 0.25) is 5.02 Å². The van der Waals surface area contributed by atoms with Gasteiger partial charge in [0.25, 0.3) is 5.91 Å². The second-order valence-corrected chi connectivity index (χ2v) is 8.09. The van der Waals surface area contributed by atoms with Gasteiger partial charge in [0.15, 0.2) is 0 Å². The van der Waals surface area contributed by atoms with Gasteiger partial charge in [0.1, 0.15) is 11.6 Å². The zero-order valence-corrected chi connectivity index (χ0v) is 17.9. The van der Waals surface area contributed by atoms with Crippen LogP contribution in [-0.4, -0.2) is 55.6 Å². The highest BCUT2D eigenvalue weighted by atomic mass is 35.5. The summed E-state index contributed by atoms with van der Waals surface area (Å²) >= 11 is 6.10. The van der Waals surface area contributed by atoms with Crippen LogP contribution in [0.15, 0.2) is 42.5 Å². The van der Waals surface area contributed by atoms with Crippen molar-refractivity contribution in [3.8, 4) is 0 Å². The number of methoxy groups -OCH3 is 1. The lowest BCUT2D eigenvalue weighted by Gasteiger charge is -2.35. The number of rotatable bonds is 8. The van der Waals surface area contributed by atoms with Gasteiger partial charge in [-0.2, -0.15) is 0 Å². The first-order valence-corrected chi connectivity index (χ1v) is 10.5. The molecule has 1 fully saturated rings. The number of hydrogen-bond donors (Lipinski definition) is 0. The van der Waals surface area contributed by atoms with Crippen molar-refractivity contribution >= 4 is 17.5 Å². The molecule has 4 nitrogen and oxygen atoms in total. The predicted octanol–water partition coefficient (Wildman–Crippen LogP) is 4.62. The third kappa shape index (κ3) is 6.00. The quantitative estimate of drug-likeness (QED) is 0.605. The number of halogens is 3. The maximum absolute atomic E-state index is 13.9. The molecule has 1 aliphatic rings. The largest absolute Gasteiger partial charge is 0.383 e. The normalized spacial score (nSPS) is 15.3. The van der Waals surface area contributed by atoms with Crippen molar-refractivity contribution in [3.63, 3.8) is 0 Å². The van der Waals surface area contributed by atoms with E-state index in [0.29, 0.717) is 43.3 Å². The Balaban J connectivity index is 1.59. The van der Waals surface area contributed by atoms with Crippen LogP contribution in [0.4, 0.5) is 8.78 Å². The van der Waals surface area contributed by atoms with Crippen LogP contribution < -0.4 is 0 Å². The van der Waals surface area contributed by atoms with Crippen molar-refractivity contribution in [1.29, 1.82) is 0 Å². The number of carbonyl (C=O) groups is 1. The fourth-order valence-electron chi connectivity index (χ4n) is 3.82. The number of ether oxygens (including phenoxy) is 1. The predicted molar refractivity (Wildman–Crippen MR) is 114 cm³/mol. The summed E-state index contributed by atoms with van der Waals surface area (Å²) in [5, 5.41) is 0.113. The van der Waals surface area contributed by atoms with Crippen LogP contribution in [0, 0.1) is 17.6 Å². The number of hydrogen-bond acceptors (Lipinski definition) is 3. The fraction of sp³-hybridized carbons (Fsp3) is 0.435. The van der Waals surface area contributed by atoms with E-state index in [1.54, 1.807) is 18.1 Å². The minimum Gasteiger partial charge on any atom is -0.383 e. The van der Waals surface area contributed by atoms with Crippen LogP contribution in [0.3, 0.4) is 0 Å². The number of piperidine rings is 1. The Labute approximate surface area is 181 Å². The van der Waals surface area contributed by atoms with Gasteiger partial charge in [-0.15, -0.1) is 0 Å². The summed E-state index contributed by atoms with van der Waals surface area (Å²) in [6, 6.07) is 10.7. The lowest BCUT2D eigenvalue weighted by Crippen LogP contribution is -2.42. The van der Waals surface area contributed by atoms with Crippen molar-refractivity contribution in [2.75, 3.05) is 39.9 Å². The van der Waals surface area contributed by atoms with Gasteiger partial charge in [-0.3, -0.25) is 9.69 Å². The first-order chi connectivity index (χ1) is 14.5. The monoisotopic (exact) mass is 436 g/mol. The SMILES string of the molecule is COCCN(CC1CCN(Cc2ccccc2F)CC1)C(=O)c1ccc(F)cc1Cl. The van der Waals surface area contributed by atoms with E-state index in [4.69, 9.17) is 16.3 Å². The van der Waals surface area contributed by atoms with E-state index in [1.165, 1.54) is 18.2 Å². The highest BCUT2D eigenvalue weighted by Crippen LogP contribution is 2.24. The first-order valence-electron chi connectivity index (χ1n) is 10.2. The average Bonchev–Trinajstić information content (AvgIpc) is 2.73. The Bertz CT molecular complexity index is 857. The van der Waals surface area contributed by atoms with Gasteiger partial charge in [0.05, 0.1) is 17.2 Å². The summed E-state index contributed by atoms with van der Waals surface area (Å²) in [4.78, 5) is 17.0. The number of amides is 1. The molecule has 1 aliphatic heterocycles. The molecule has 1 saturated heterocycles. The number of benzene rings is 2. The van der Waals surface area contributed by atoms with E-state index >= 15 is 0 Å². The number of nitrogens with zero attached hydrogens (tertiary/aromatic N) is 2. The maximum atomic E-state index is 13.9. The maximum Gasteiger partial charge on any atom is 0.255 e. The topological polar surface area (TPSA) is 32.8 Å². The summed E-state index contributed by atoms with van der Waals surface area (Å²) in [6.45, 7) is 3.74. The molecule has 162 valence electrons. The molecule has 2 aromatic carbocycles. The zero-order valence-electron chi connectivity index (χ0n) is 17.1. The van der Waals surface area contributed by atoms with Crippen molar-refractivity contribution in [3.05, 3.63) is 70.2 Å². The third-order valence-corrected chi connectivity index (χ3v) is 5.86. The lowest BCUT2D eigenvalue weighted by molar-refractivity contribution is 0.0617. The Morgan fingerprint density at radius 3 is 2.60 bits per heavy atom. The molecular weight excluding hydrogens is 410 g/mol. The summed E-state index contributed by atoms with van der Waals surface area (Å²) < 4.78 is 32.4. The van der Waals surface area contributed by atoms with Gasteiger partial charge in [-0.1, -0.05) is 29.8 Å². The van der Waals surface area contributed by atoms with E-state index < -0.39 is 5.82 Å². The molecule has 2 aromatic rings. The Morgan fingerprint density at radius 1 is 1.20 bits per heavy atom. The Morgan fingerprint density at radius 2 is 1.93 bits per heavy atom.